The fourth-order valence-electron chi connectivity index (χ4n) is 1.55. The molecule has 0 bridgehead atoms. The summed E-state index contributed by atoms with van der Waals surface area (Å²) in [7, 11) is 0. The van der Waals surface area contributed by atoms with Gasteiger partial charge in [-0.25, -0.2) is 0 Å². The van der Waals surface area contributed by atoms with Gasteiger partial charge in [0.1, 0.15) is 5.78 Å². The van der Waals surface area contributed by atoms with Crippen LogP contribution >= 0.6 is 0 Å². The van der Waals surface area contributed by atoms with Crippen LogP contribution in [0.15, 0.2) is 0 Å². The Labute approximate surface area is 92.6 Å². The van der Waals surface area contributed by atoms with Crippen molar-refractivity contribution in [1.82, 2.24) is 5.32 Å². The van der Waals surface area contributed by atoms with E-state index in [9.17, 15) is 9.59 Å². The van der Waals surface area contributed by atoms with Gasteiger partial charge in [-0.2, -0.15) is 0 Å². The van der Waals surface area contributed by atoms with Crippen LogP contribution in [0.5, 0.6) is 0 Å². The lowest BCUT2D eigenvalue weighted by Crippen LogP contribution is -2.21. The number of unbranched alkanes of at least 4 members (excludes halogenated alkanes) is 1. The predicted molar refractivity (Wildman–Crippen MR) is 61.5 cm³/mol. The molecule has 0 spiro atoms. The van der Waals surface area contributed by atoms with Crippen LogP contribution in [0.4, 0.5) is 0 Å². The number of Topliss-reactive ketones (excluding diaryl/α,β-unsaturated/α-hetero) is 1. The summed E-state index contributed by atoms with van der Waals surface area (Å²) in [5.74, 6) is 0.647. The van der Waals surface area contributed by atoms with Gasteiger partial charge in [0, 0.05) is 25.3 Å². The van der Waals surface area contributed by atoms with Crippen molar-refractivity contribution < 1.29 is 9.59 Å². The average Bonchev–Trinajstić information content (AvgIpc) is 2.15. The van der Waals surface area contributed by atoms with Crippen molar-refractivity contribution in [2.45, 2.75) is 47.0 Å². The highest BCUT2D eigenvalue weighted by molar-refractivity contribution is 5.82. The smallest absolute Gasteiger partial charge is 0.216 e. The molecule has 0 heterocycles. The molecule has 0 unspecified atom stereocenters. The second-order valence-corrected chi connectivity index (χ2v) is 4.44. The van der Waals surface area contributed by atoms with Crippen LogP contribution in [0.3, 0.4) is 0 Å². The number of nitrogens with one attached hydrogen (secondary N) is 1. The standard InChI is InChI=1S/C12H23NO2/c1-9(2)12(15)10(3)7-5-6-8-13-11(4)14/h9-10H,5-8H2,1-4H3,(H,13,14)/t10-/m0/s1. The van der Waals surface area contributed by atoms with Crippen LogP contribution in [-0.4, -0.2) is 18.2 Å². The Hall–Kier alpha value is -0.860. The molecule has 1 atom stereocenters. The number of rotatable bonds is 7. The van der Waals surface area contributed by atoms with E-state index >= 15 is 0 Å². The van der Waals surface area contributed by atoms with E-state index in [4.69, 9.17) is 0 Å². The minimum atomic E-state index is 0.0151. The van der Waals surface area contributed by atoms with E-state index in [0.717, 1.165) is 25.8 Å². The number of carbonyl (C=O) groups excluding carboxylic acids is 2. The zero-order valence-electron chi connectivity index (χ0n) is 10.3. The molecule has 1 N–H and O–H groups in total. The molecule has 0 fully saturated rings. The average molecular weight is 213 g/mol. The van der Waals surface area contributed by atoms with E-state index in [0.29, 0.717) is 5.78 Å². The normalized spacial score (nSPS) is 12.6. The molecule has 3 nitrogen and oxygen atoms in total. The van der Waals surface area contributed by atoms with Gasteiger partial charge in [0.05, 0.1) is 0 Å². The van der Waals surface area contributed by atoms with E-state index in [2.05, 4.69) is 5.32 Å². The van der Waals surface area contributed by atoms with E-state index in [1.807, 2.05) is 20.8 Å². The number of carbonyl (C=O) groups is 2. The molecule has 3 heteroatoms. The summed E-state index contributed by atoms with van der Waals surface area (Å²) in [5, 5.41) is 2.75. The monoisotopic (exact) mass is 213 g/mol. The molecular formula is C12H23NO2. The van der Waals surface area contributed by atoms with E-state index < -0.39 is 0 Å². The Morgan fingerprint density at radius 3 is 2.20 bits per heavy atom. The molecule has 0 aliphatic heterocycles. The molecule has 0 aromatic heterocycles. The Morgan fingerprint density at radius 2 is 1.73 bits per heavy atom. The van der Waals surface area contributed by atoms with Gasteiger partial charge in [-0.1, -0.05) is 27.2 Å². The van der Waals surface area contributed by atoms with Crippen LogP contribution in [0.1, 0.15) is 47.0 Å². The van der Waals surface area contributed by atoms with Crippen molar-refractivity contribution in [3.8, 4) is 0 Å². The molecule has 0 aliphatic carbocycles. The summed E-state index contributed by atoms with van der Waals surface area (Å²) >= 11 is 0. The van der Waals surface area contributed by atoms with E-state index in [1.165, 1.54) is 6.92 Å². The van der Waals surface area contributed by atoms with E-state index in [1.54, 1.807) is 0 Å². The van der Waals surface area contributed by atoms with Crippen molar-refractivity contribution in [1.29, 1.82) is 0 Å². The minimum Gasteiger partial charge on any atom is -0.356 e. The van der Waals surface area contributed by atoms with Gasteiger partial charge in [0.15, 0.2) is 0 Å². The second kappa shape index (κ2) is 7.43. The summed E-state index contributed by atoms with van der Waals surface area (Å²) in [6, 6.07) is 0. The van der Waals surface area contributed by atoms with Crippen LogP contribution in [-0.2, 0) is 9.59 Å². The maximum Gasteiger partial charge on any atom is 0.216 e. The number of amides is 1. The first-order chi connectivity index (χ1) is 6.95. The van der Waals surface area contributed by atoms with Gasteiger partial charge in [-0.3, -0.25) is 9.59 Å². The lowest BCUT2D eigenvalue weighted by molar-refractivity contribution is -0.125. The molecular weight excluding hydrogens is 190 g/mol. The third-order valence-corrected chi connectivity index (χ3v) is 2.49. The second-order valence-electron chi connectivity index (χ2n) is 4.44. The maximum atomic E-state index is 11.5. The Bertz CT molecular complexity index is 212. The summed E-state index contributed by atoms with van der Waals surface area (Å²) in [4.78, 5) is 22.1. The molecule has 15 heavy (non-hydrogen) atoms. The zero-order valence-corrected chi connectivity index (χ0v) is 10.3. The van der Waals surface area contributed by atoms with Gasteiger partial charge < -0.3 is 5.32 Å². The number of hydrogen-bond acceptors (Lipinski definition) is 2. The quantitative estimate of drug-likeness (QED) is 0.659. The lowest BCUT2D eigenvalue weighted by atomic mass is 9.92. The molecule has 0 saturated carbocycles. The van der Waals surface area contributed by atoms with Gasteiger partial charge in [-0.15, -0.1) is 0 Å². The fraction of sp³-hybridized carbons (Fsp3) is 0.833. The highest BCUT2D eigenvalue weighted by Gasteiger charge is 2.15. The molecule has 88 valence electrons. The summed E-state index contributed by atoms with van der Waals surface area (Å²) in [6.45, 7) is 8.11. The molecule has 1 amide bonds. The third kappa shape index (κ3) is 7.11. The van der Waals surface area contributed by atoms with Crippen LogP contribution in [0, 0.1) is 11.8 Å². The number of ketones is 1. The zero-order chi connectivity index (χ0) is 11.8. The van der Waals surface area contributed by atoms with Gasteiger partial charge in [0.2, 0.25) is 5.91 Å². The number of hydrogen-bond donors (Lipinski definition) is 1. The van der Waals surface area contributed by atoms with Crippen LogP contribution in [0.2, 0.25) is 0 Å². The van der Waals surface area contributed by atoms with Crippen LogP contribution in [0.25, 0.3) is 0 Å². The van der Waals surface area contributed by atoms with Crippen molar-refractivity contribution in [3.05, 3.63) is 0 Å². The van der Waals surface area contributed by atoms with Crippen molar-refractivity contribution in [2.75, 3.05) is 6.54 Å². The van der Waals surface area contributed by atoms with Crippen molar-refractivity contribution in [3.63, 3.8) is 0 Å². The molecule has 0 radical (unpaired) electrons. The largest absolute Gasteiger partial charge is 0.356 e. The summed E-state index contributed by atoms with van der Waals surface area (Å²) < 4.78 is 0. The topological polar surface area (TPSA) is 46.2 Å². The molecule has 0 aromatic rings. The Morgan fingerprint density at radius 1 is 1.13 bits per heavy atom. The molecule has 0 aromatic carbocycles. The maximum absolute atomic E-state index is 11.5. The molecule has 0 rings (SSSR count). The molecule has 0 aliphatic rings. The summed E-state index contributed by atoms with van der Waals surface area (Å²) in [5.41, 5.74) is 0. The first kappa shape index (κ1) is 14.1. The first-order valence-corrected chi connectivity index (χ1v) is 5.73. The minimum absolute atomic E-state index is 0.0151. The van der Waals surface area contributed by atoms with Crippen molar-refractivity contribution >= 4 is 11.7 Å². The lowest BCUT2D eigenvalue weighted by Gasteiger charge is -2.12. The van der Waals surface area contributed by atoms with Crippen LogP contribution < -0.4 is 5.32 Å². The highest BCUT2D eigenvalue weighted by atomic mass is 16.1. The van der Waals surface area contributed by atoms with Gasteiger partial charge >= 0.3 is 0 Å². The highest BCUT2D eigenvalue weighted by Crippen LogP contribution is 2.13. The Balaban J connectivity index is 3.51. The Kier molecular flexibility index (Phi) is 7.01. The SMILES string of the molecule is CC(=O)NCCCC[C@H](C)C(=O)C(C)C. The predicted octanol–water partition coefficient (Wildman–Crippen LogP) is 2.15. The van der Waals surface area contributed by atoms with Gasteiger partial charge in [0.25, 0.3) is 0 Å². The van der Waals surface area contributed by atoms with E-state index in [-0.39, 0.29) is 17.7 Å². The fourth-order valence-corrected chi connectivity index (χ4v) is 1.55. The molecule has 0 saturated heterocycles. The first-order valence-electron chi connectivity index (χ1n) is 5.73. The summed E-state index contributed by atoms with van der Waals surface area (Å²) in [6.07, 6.45) is 2.88. The van der Waals surface area contributed by atoms with Gasteiger partial charge in [-0.05, 0) is 12.8 Å². The van der Waals surface area contributed by atoms with Crippen molar-refractivity contribution in [2.24, 2.45) is 11.8 Å². The third-order valence-electron chi connectivity index (χ3n) is 2.49.